The number of nitrogens with zero attached hydrogens (tertiary/aromatic N) is 3. The molecule has 0 fully saturated rings. The van der Waals surface area contributed by atoms with E-state index in [9.17, 15) is 13.2 Å². The molecule has 0 aliphatic carbocycles. The Kier molecular flexibility index (Phi) is 4.53. The van der Waals surface area contributed by atoms with Crippen LogP contribution >= 0.6 is 11.6 Å². The lowest BCUT2D eigenvalue weighted by atomic mass is 10.2. The van der Waals surface area contributed by atoms with Crippen molar-refractivity contribution in [2.45, 2.75) is 26.6 Å². The molecule has 0 atom stereocenters. The molecule has 0 aliphatic heterocycles. The van der Waals surface area contributed by atoms with E-state index >= 15 is 0 Å². The number of halogens is 4. The lowest BCUT2D eigenvalue weighted by molar-refractivity contribution is -0.137. The summed E-state index contributed by atoms with van der Waals surface area (Å²) in [5, 5.41) is 7.21. The van der Waals surface area contributed by atoms with Crippen molar-refractivity contribution in [1.29, 1.82) is 0 Å². The first-order chi connectivity index (χ1) is 9.84. The lowest BCUT2D eigenvalue weighted by Crippen LogP contribution is -2.13. The van der Waals surface area contributed by atoms with Gasteiger partial charge in [-0.3, -0.25) is 0 Å². The van der Waals surface area contributed by atoms with Crippen LogP contribution < -0.4 is 5.32 Å². The maximum atomic E-state index is 12.6. The van der Waals surface area contributed by atoms with E-state index in [1.807, 2.05) is 13.8 Å². The van der Waals surface area contributed by atoms with E-state index in [-0.39, 0.29) is 10.8 Å². The summed E-state index contributed by atoms with van der Waals surface area (Å²) in [5.74, 6) is 0.185. The first-order valence-electron chi connectivity index (χ1n) is 6.32. The maximum absolute atomic E-state index is 12.6. The number of rotatable bonds is 4. The molecule has 0 saturated heterocycles. The Morgan fingerprint density at radius 2 is 2.05 bits per heavy atom. The number of aromatic nitrogens is 3. The number of alkyl halides is 3. The fourth-order valence-corrected chi connectivity index (χ4v) is 2.08. The molecule has 0 aliphatic rings. The standard InChI is InChI=1S/C13H14ClF3N4/c1-3-18-5-9-6-20-21(8(9)2)12-11(14)4-10(7-19-12)13(15,16)17/h4,6-7,18H,3,5H2,1-2H3. The van der Waals surface area contributed by atoms with Crippen LogP contribution in [0.4, 0.5) is 13.2 Å². The Balaban J connectivity index is 2.37. The highest BCUT2D eigenvalue weighted by molar-refractivity contribution is 6.32. The zero-order valence-corrected chi connectivity index (χ0v) is 12.3. The average Bonchev–Trinajstić information content (AvgIpc) is 2.76. The Morgan fingerprint density at radius 3 is 2.62 bits per heavy atom. The van der Waals surface area contributed by atoms with Crippen LogP contribution in [0.3, 0.4) is 0 Å². The van der Waals surface area contributed by atoms with Crippen molar-refractivity contribution in [2.75, 3.05) is 6.54 Å². The second kappa shape index (κ2) is 6.03. The Bertz CT molecular complexity index is 637. The minimum Gasteiger partial charge on any atom is -0.313 e. The molecule has 21 heavy (non-hydrogen) atoms. The van der Waals surface area contributed by atoms with Crippen molar-refractivity contribution in [3.05, 3.63) is 40.3 Å². The Hall–Kier alpha value is -1.60. The second-order valence-corrected chi connectivity index (χ2v) is 4.88. The maximum Gasteiger partial charge on any atom is 0.417 e. The van der Waals surface area contributed by atoms with Crippen molar-refractivity contribution < 1.29 is 13.2 Å². The van der Waals surface area contributed by atoms with Crippen molar-refractivity contribution in [2.24, 2.45) is 0 Å². The van der Waals surface area contributed by atoms with E-state index in [0.717, 1.165) is 30.1 Å². The summed E-state index contributed by atoms with van der Waals surface area (Å²) < 4.78 is 39.2. The molecule has 0 aromatic carbocycles. The van der Waals surface area contributed by atoms with Crippen LogP contribution in [0.25, 0.3) is 5.82 Å². The summed E-state index contributed by atoms with van der Waals surface area (Å²) in [7, 11) is 0. The topological polar surface area (TPSA) is 42.7 Å². The molecule has 0 unspecified atom stereocenters. The van der Waals surface area contributed by atoms with Crippen LogP contribution in [-0.2, 0) is 12.7 Å². The number of nitrogens with one attached hydrogen (secondary N) is 1. The average molecular weight is 319 g/mol. The van der Waals surface area contributed by atoms with Gasteiger partial charge >= 0.3 is 6.18 Å². The van der Waals surface area contributed by atoms with Gasteiger partial charge in [-0.05, 0) is 19.5 Å². The third kappa shape index (κ3) is 3.36. The van der Waals surface area contributed by atoms with Crippen LogP contribution in [-0.4, -0.2) is 21.3 Å². The summed E-state index contributed by atoms with van der Waals surface area (Å²) in [4.78, 5) is 3.80. The van der Waals surface area contributed by atoms with Crippen LogP contribution in [0.15, 0.2) is 18.5 Å². The van der Waals surface area contributed by atoms with Gasteiger partial charge in [0, 0.05) is 24.0 Å². The van der Waals surface area contributed by atoms with E-state index in [1.54, 1.807) is 6.20 Å². The van der Waals surface area contributed by atoms with Crippen LogP contribution in [0.2, 0.25) is 5.02 Å². The molecule has 0 spiro atoms. The smallest absolute Gasteiger partial charge is 0.313 e. The van der Waals surface area contributed by atoms with Gasteiger partial charge in [0.05, 0.1) is 16.8 Å². The quantitative estimate of drug-likeness (QED) is 0.940. The first kappa shape index (κ1) is 15.8. The third-order valence-electron chi connectivity index (χ3n) is 3.03. The zero-order valence-electron chi connectivity index (χ0n) is 11.5. The Labute approximate surface area is 124 Å². The fraction of sp³-hybridized carbons (Fsp3) is 0.385. The van der Waals surface area contributed by atoms with Gasteiger partial charge in [0.15, 0.2) is 5.82 Å². The molecule has 0 radical (unpaired) electrons. The van der Waals surface area contributed by atoms with E-state index < -0.39 is 11.7 Å². The SMILES string of the molecule is CCNCc1cnn(-c2ncc(C(F)(F)F)cc2Cl)c1C. The van der Waals surface area contributed by atoms with E-state index in [1.165, 1.54) is 4.68 Å². The minimum atomic E-state index is -4.47. The molecule has 0 amide bonds. The number of hydrogen-bond donors (Lipinski definition) is 1. The molecule has 2 aromatic heterocycles. The van der Waals surface area contributed by atoms with Gasteiger partial charge in [0.25, 0.3) is 0 Å². The summed E-state index contributed by atoms with van der Waals surface area (Å²) >= 11 is 5.92. The van der Waals surface area contributed by atoms with Crippen LogP contribution in [0.1, 0.15) is 23.7 Å². The van der Waals surface area contributed by atoms with Crippen molar-refractivity contribution in [3.63, 3.8) is 0 Å². The van der Waals surface area contributed by atoms with Gasteiger partial charge in [-0.25, -0.2) is 9.67 Å². The third-order valence-corrected chi connectivity index (χ3v) is 3.30. The second-order valence-electron chi connectivity index (χ2n) is 4.47. The molecular formula is C13H14ClF3N4. The highest BCUT2D eigenvalue weighted by Crippen LogP contribution is 2.32. The molecule has 0 bridgehead atoms. The molecule has 114 valence electrons. The normalized spacial score (nSPS) is 11.9. The van der Waals surface area contributed by atoms with Gasteiger partial charge in [-0.15, -0.1) is 0 Å². The van der Waals surface area contributed by atoms with E-state index in [4.69, 9.17) is 11.6 Å². The molecular weight excluding hydrogens is 305 g/mol. The van der Waals surface area contributed by atoms with Gasteiger partial charge in [-0.2, -0.15) is 18.3 Å². The highest BCUT2D eigenvalue weighted by atomic mass is 35.5. The van der Waals surface area contributed by atoms with E-state index in [0.29, 0.717) is 6.54 Å². The van der Waals surface area contributed by atoms with Crippen LogP contribution in [0, 0.1) is 6.92 Å². The zero-order chi connectivity index (χ0) is 15.6. The van der Waals surface area contributed by atoms with Crippen LogP contribution in [0.5, 0.6) is 0 Å². The summed E-state index contributed by atoms with van der Waals surface area (Å²) in [5.41, 5.74) is 0.841. The molecule has 1 N–H and O–H groups in total. The molecule has 2 aromatic rings. The minimum absolute atomic E-state index is 0.0916. The van der Waals surface area contributed by atoms with Gasteiger partial charge in [0.1, 0.15) is 0 Å². The number of pyridine rings is 1. The predicted molar refractivity (Wildman–Crippen MR) is 73.5 cm³/mol. The molecule has 4 nitrogen and oxygen atoms in total. The molecule has 0 saturated carbocycles. The van der Waals surface area contributed by atoms with Gasteiger partial charge in [0.2, 0.25) is 0 Å². The summed E-state index contributed by atoms with van der Waals surface area (Å²) in [6.07, 6.45) is -2.06. The fourth-order valence-electron chi connectivity index (χ4n) is 1.83. The van der Waals surface area contributed by atoms with E-state index in [2.05, 4.69) is 15.4 Å². The molecule has 2 rings (SSSR count). The largest absolute Gasteiger partial charge is 0.417 e. The van der Waals surface area contributed by atoms with Gasteiger partial charge in [-0.1, -0.05) is 18.5 Å². The Morgan fingerprint density at radius 1 is 1.33 bits per heavy atom. The predicted octanol–water partition coefficient (Wildman–Crippen LogP) is 3.36. The van der Waals surface area contributed by atoms with Crippen molar-refractivity contribution in [1.82, 2.24) is 20.1 Å². The monoisotopic (exact) mass is 318 g/mol. The van der Waals surface area contributed by atoms with Crippen molar-refractivity contribution >= 4 is 11.6 Å². The summed E-state index contributed by atoms with van der Waals surface area (Å²) in [6, 6.07) is 0.856. The number of hydrogen-bond acceptors (Lipinski definition) is 3. The molecule has 8 heteroatoms. The summed E-state index contributed by atoms with van der Waals surface area (Å²) in [6.45, 7) is 5.23. The lowest BCUT2D eigenvalue weighted by Gasteiger charge is -2.10. The highest BCUT2D eigenvalue weighted by Gasteiger charge is 2.31. The first-order valence-corrected chi connectivity index (χ1v) is 6.69. The van der Waals surface area contributed by atoms with Gasteiger partial charge < -0.3 is 5.32 Å². The van der Waals surface area contributed by atoms with Crippen molar-refractivity contribution in [3.8, 4) is 5.82 Å². The molecule has 2 heterocycles.